The lowest BCUT2D eigenvalue weighted by molar-refractivity contribution is -0.149. The van der Waals surface area contributed by atoms with Gasteiger partial charge < -0.3 is 19.9 Å². The van der Waals surface area contributed by atoms with Crippen molar-refractivity contribution >= 4 is 11.9 Å². The minimum absolute atomic E-state index is 0.128. The number of methoxy groups -OCH3 is 1. The second-order valence-electron chi connectivity index (χ2n) is 5.63. The van der Waals surface area contributed by atoms with E-state index in [2.05, 4.69) is 5.32 Å². The normalized spacial score (nSPS) is 13.3. The second-order valence-corrected chi connectivity index (χ2v) is 5.63. The lowest BCUT2D eigenvalue weighted by atomic mass is 10.0. The molecule has 1 aromatic rings. The Morgan fingerprint density at radius 2 is 1.77 bits per heavy atom. The number of ether oxygens (including phenoxy) is 2. The molecular weight excluding hydrogens is 286 g/mol. The summed E-state index contributed by atoms with van der Waals surface area (Å²) >= 11 is 0. The Morgan fingerprint density at radius 1 is 1.23 bits per heavy atom. The molecule has 0 aromatic heterocycles. The highest BCUT2D eigenvalue weighted by Gasteiger charge is 2.35. The third-order valence-electron chi connectivity index (χ3n) is 3.27. The topological polar surface area (TPSA) is 84.9 Å². The van der Waals surface area contributed by atoms with Gasteiger partial charge in [-0.15, -0.1) is 0 Å². The van der Waals surface area contributed by atoms with Gasteiger partial charge in [0.25, 0.3) is 5.91 Å². The van der Waals surface area contributed by atoms with E-state index in [9.17, 15) is 14.7 Å². The van der Waals surface area contributed by atoms with Gasteiger partial charge in [-0.2, -0.15) is 0 Å². The molecule has 122 valence electrons. The van der Waals surface area contributed by atoms with Crippen molar-refractivity contribution in [2.75, 3.05) is 20.3 Å². The van der Waals surface area contributed by atoms with Gasteiger partial charge in [0.15, 0.2) is 12.1 Å². The van der Waals surface area contributed by atoms with Crippen LogP contribution in [0.1, 0.15) is 23.6 Å². The van der Waals surface area contributed by atoms with Gasteiger partial charge in [-0.3, -0.25) is 4.79 Å². The van der Waals surface area contributed by atoms with Gasteiger partial charge in [-0.1, -0.05) is 17.7 Å². The smallest absolute Gasteiger partial charge is 0.331 e. The molecule has 0 spiro atoms. The van der Waals surface area contributed by atoms with E-state index < -0.39 is 17.4 Å². The lowest BCUT2D eigenvalue weighted by Crippen LogP contribution is -2.56. The summed E-state index contributed by atoms with van der Waals surface area (Å²) in [5.41, 5.74) is 1.50. The van der Waals surface area contributed by atoms with Crippen molar-refractivity contribution in [1.82, 2.24) is 5.32 Å². The number of nitrogens with one attached hydrogen (secondary N) is 1. The Labute approximate surface area is 130 Å². The fraction of sp³-hybridized carbons (Fsp3) is 0.500. The van der Waals surface area contributed by atoms with Crippen LogP contribution in [0.5, 0.6) is 5.75 Å². The summed E-state index contributed by atoms with van der Waals surface area (Å²) in [7, 11) is 1.38. The van der Waals surface area contributed by atoms with Crippen LogP contribution in [0.4, 0.5) is 0 Å². The van der Waals surface area contributed by atoms with Gasteiger partial charge in [-0.05, 0) is 38.8 Å². The fourth-order valence-electron chi connectivity index (χ4n) is 2.32. The van der Waals surface area contributed by atoms with Crippen molar-refractivity contribution in [3.8, 4) is 5.75 Å². The summed E-state index contributed by atoms with van der Waals surface area (Å²) in [6.45, 7) is 6.80. The van der Waals surface area contributed by atoms with Crippen LogP contribution in [-0.2, 0) is 14.3 Å². The van der Waals surface area contributed by atoms with Crippen LogP contribution in [0, 0.1) is 20.8 Å². The van der Waals surface area contributed by atoms with Crippen molar-refractivity contribution in [2.45, 2.75) is 33.2 Å². The maximum absolute atomic E-state index is 11.9. The summed E-state index contributed by atoms with van der Waals surface area (Å²) in [4.78, 5) is 23.2. The fourth-order valence-corrected chi connectivity index (χ4v) is 2.32. The molecule has 1 atom stereocenters. The zero-order valence-corrected chi connectivity index (χ0v) is 13.6. The van der Waals surface area contributed by atoms with E-state index in [4.69, 9.17) is 9.47 Å². The third kappa shape index (κ3) is 4.46. The molecule has 0 aliphatic heterocycles. The maximum atomic E-state index is 11.9. The summed E-state index contributed by atoms with van der Waals surface area (Å²) in [6.07, 6.45) is 0. The molecule has 0 fully saturated rings. The average Bonchev–Trinajstić information content (AvgIpc) is 2.37. The number of carbonyl (C=O) groups is 2. The number of hydrogen-bond acceptors (Lipinski definition) is 4. The van der Waals surface area contributed by atoms with Crippen molar-refractivity contribution in [1.29, 1.82) is 0 Å². The van der Waals surface area contributed by atoms with Gasteiger partial charge in [-0.25, -0.2) is 4.79 Å². The largest absolute Gasteiger partial charge is 0.483 e. The van der Waals surface area contributed by atoms with Gasteiger partial charge in [0.05, 0.1) is 6.61 Å². The van der Waals surface area contributed by atoms with Crippen LogP contribution in [-0.4, -0.2) is 42.8 Å². The minimum Gasteiger partial charge on any atom is -0.483 e. The van der Waals surface area contributed by atoms with Crippen molar-refractivity contribution in [3.05, 3.63) is 28.8 Å². The highest BCUT2D eigenvalue weighted by atomic mass is 16.5. The van der Waals surface area contributed by atoms with E-state index in [-0.39, 0.29) is 13.2 Å². The molecule has 1 aromatic carbocycles. The Morgan fingerprint density at radius 3 is 2.23 bits per heavy atom. The zero-order chi connectivity index (χ0) is 16.9. The molecule has 0 saturated carbocycles. The average molecular weight is 309 g/mol. The molecule has 6 heteroatoms. The van der Waals surface area contributed by atoms with Crippen molar-refractivity contribution < 1.29 is 24.2 Å². The molecule has 1 rings (SSSR count). The highest BCUT2D eigenvalue weighted by molar-refractivity contribution is 5.87. The summed E-state index contributed by atoms with van der Waals surface area (Å²) in [6, 6.07) is 3.93. The molecule has 0 aliphatic carbocycles. The molecule has 22 heavy (non-hydrogen) atoms. The van der Waals surface area contributed by atoms with Crippen molar-refractivity contribution in [3.63, 3.8) is 0 Å². The molecule has 1 amide bonds. The summed E-state index contributed by atoms with van der Waals surface area (Å²) < 4.78 is 10.4. The predicted molar refractivity (Wildman–Crippen MR) is 82.2 cm³/mol. The first-order valence-electron chi connectivity index (χ1n) is 6.93. The highest BCUT2D eigenvalue weighted by Crippen LogP contribution is 2.24. The van der Waals surface area contributed by atoms with E-state index in [1.165, 1.54) is 14.0 Å². The molecule has 0 bridgehead atoms. The van der Waals surface area contributed by atoms with E-state index >= 15 is 0 Å². The molecule has 0 aliphatic rings. The first kappa shape index (κ1) is 18.0. The molecule has 0 saturated heterocycles. The number of aliphatic carboxylic acids is 1. The van der Waals surface area contributed by atoms with Gasteiger partial charge in [0.2, 0.25) is 0 Å². The number of carboxylic acids is 1. The molecule has 1 unspecified atom stereocenters. The number of benzene rings is 1. The Bertz CT molecular complexity index is 547. The zero-order valence-electron chi connectivity index (χ0n) is 13.6. The molecule has 2 N–H and O–H groups in total. The monoisotopic (exact) mass is 309 g/mol. The first-order chi connectivity index (χ1) is 10.2. The first-order valence-corrected chi connectivity index (χ1v) is 6.93. The van der Waals surface area contributed by atoms with Crippen LogP contribution in [0.3, 0.4) is 0 Å². The number of carbonyl (C=O) groups excluding carboxylic acids is 1. The number of carboxylic acid groups (broad SMARTS) is 1. The molecule has 0 radical (unpaired) electrons. The van der Waals surface area contributed by atoms with Crippen molar-refractivity contribution in [2.24, 2.45) is 0 Å². The van der Waals surface area contributed by atoms with Crippen LogP contribution in [0.15, 0.2) is 12.1 Å². The van der Waals surface area contributed by atoms with E-state index in [1.54, 1.807) is 0 Å². The predicted octanol–water partition coefficient (Wildman–Crippen LogP) is 1.60. The Kier molecular flexibility index (Phi) is 5.93. The lowest BCUT2D eigenvalue weighted by Gasteiger charge is -2.25. The SMILES string of the molecule is COCC(C)(NC(=O)COc1c(C)cc(C)cc1C)C(=O)O. The number of amides is 1. The van der Waals surface area contributed by atoms with Gasteiger partial charge in [0.1, 0.15) is 5.75 Å². The van der Waals surface area contributed by atoms with E-state index in [0.717, 1.165) is 16.7 Å². The molecule has 0 heterocycles. The standard InChI is InChI=1S/C16H23NO5/c1-10-6-11(2)14(12(3)7-10)22-8-13(18)17-16(4,9-21-5)15(19)20/h6-7H,8-9H2,1-5H3,(H,17,18)(H,19,20). The number of aryl methyl sites for hydroxylation is 3. The maximum Gasteiger partial charge on any atom is 0.331 e. The quantitative estimate of drug-likeness (QED) is 0.799. The van der Waals surface area contributed by atoms with Crippen LogP contribution < -0.4 is 10.1 Å². The van der Waals surface area contributed by atoms with E-state index in [1.807, 2.05) is 32.9 Å². The summed E-state index contributed by atoms with van der Waals surface area (Å²) in [5, 5.41) is 11.6. The van der Waals surface area contributed by atoms with Gasteiger partial charge >= 0.3 is 5.97 Å². The van der Waals surface area contributed by atoms with E-state index in [0.29, 0.717) is 5.75 Å². The van der Waals surface area contributed by atoms with Gasteiger partial charge in [0, 0.05) is 7.11 Å². The Balaban J connectivity index is 2.73. The van der Waals surface area contributed by atoms with Crippen LogP contribution in [0.25, 0.3) is 0 Å². The van der Waals surface area contributed by atoms with Crippen LogP contribution in [0.2, 0.25) is 0 Å². The van der Waals surface area contributed by atoms with Crippen LogP contribution >= 0.6 is 0 Å². The second kappa shape index (κ2) is 7.26. The molecular formula is C16H23NO5. The third-order valence-corrected chi connectivity index (χ3v) is 3.27. The molecule has 6 nitrogen and oxygen atoms in total. The number of hydrogen-bond donors (Lipinski definition) is 2. The minimum atomic E-state index is -1.48. The summed E-state index contributed by atoms with van der Waals surface area (Å²) in [5.74, 6) is -1.03. The Hall–Kier alpha value is -2.08. The number of rotatable bonds is 7.